The molecule has 3 rings (SSSR count). The molecule has 0 saturated heterocycles. The van der Waals surface area contributed by atoms with Crippen molar-refractivity contribution in [2.24, 2.45) is 0 Å². The van der Waals surface area contributed by atoms with E-state index in [2.05, 4.69) is 0 Å². The molecule has 0 saturated carbocycles. The highest BCUT2D eigenvalue weighted by Gasteiger charge is 2.18. The first-order valence-electron chi connectivity index (χ1n) is 7.63. The van der Waals surface area contributed by atoms with E-state index in [1.54, 1.807) is 0 Å². The van der Waals surface area contributed by atoms with Gasteiger partial charge in [-0.3, -0.25) is 13.9 Å². The van der Waals surface area contributed by atoms with Gasteiger partial charge in [0.25, 0.3) is 25.8 Å². The minimum Gasteiger partial charge on any atom is -0.494 e. The Morgan fingerprint density at radius 3 is 1.59 bits per heavy atom. The molecule has 0 fully saturated rings. The standard InChI is InChI=1S/C16H12N2O9S2/c19-14-9-15(20)18(11-4-2-6-13(8-11)29(25,26)27)16(21)17(14)10-3-1-5-12(7-10)28(22,23)24/h1-9,19H,(H,22,23,24)(H,25,26,27). The summed E-state index contributed by atoms with van der Waals surface area (Å²) in [5.74, 6) is -0.824. The molecule has 3 aromatic rings. The Labute approximate surface area is 163 Å². The fourth-order valence-electron chi connectivity index (χ4n) is 2.58. The Morgan fingerprint density at radius 2 is 1.14 bits per heavy atom. The van der Waals surface area contributed by atoms with Crippen LogP contribution >= 0.6 is 0 Å². The van der Waals surface area contributed by atoms with Crippen molar-refractivity contribution in [2.45, 2.75) is 9.79 Å². The number of aromatic hydroxyl groups is 1. The molecule has 1 aromatic heterocycles. The predicted molar refractivity (Wildman–Crippen MR) is 98.9 cm³/mol. The minimum atomic E-state index is -4.62. The molecule has 0 atom stereocenters. The van der Waals surface area contributed by atoms with Crippen LogP contribution in [0.5, 0.6) is 5.88 Å². The molecule has 0 aliphatic rings. The van der Waals surface area contributed by atoms with Gasteiger partial charge >= 0.3 is 5.69 Å². The lowest BCUT2D eigenvalue weighted by molar-refractivity contribution is 0.428. The van der Waals surface area contributed by atoms with E-state index in [0.717, 1.165) is 24.3 Å². The zero-order valence-electron chi connectivity index (χ0n) is 14.2. The lowest BCUT2D eigenvalue weighted by Gasteiger charge is -2.13. The van der Waals surface area contributed by atoms with Crippen molar-refractivity contribution in [3.8, 4) is 17.3 Å². The minimum absolute atomic E-state index is 0.192. The highest BCUT2D eigenvalue weighted by atomic mass is 32.2. The van der Waals surface area contributed by atoms with Crippen LogP contribution in [0.2, 0.25) is 0 Å². The topological polar surface area (TPSA) is 173 Å². The van der Waals surface area contributed by atoms with Gasteiger partial charge in [-0.1, -0.05) is 12.1 Å². The van der Waals surface area contributed by atoms with Crippen molar-refractivity contribution in [3.05, 3.63) is 75.4 Å². The third-order valence-electron chi connectivity index (χ3n) is 3.83. The van der Waals surface area contributed by atoms with Crippen LogP contribution in [0.15, 0.2) is 74.0 Å². The molecular weight excluding hydrogens is 428 g/mol. The molecule has 0 aliphatic heterocycles. The first-order chi connectivity index (χ1) is 13.4. The van der Waals surface area contributed by atoms with Gasteiger partial charge in [-0.2, -0.15) is 16.8 Å². The zero-order chi connectivity index (χ0) is 21.6. The van der Waals surface area contributed by atoms with E-state index < -0.39 is 47.2 Å². The summed E-state index contributed by atoms with van der Waals surface area (Å²) in [6.45, 7) is 0. The monoisotopic (exact) mass is 440 g/mol. The predicted octanol–water partition coefficient (Wildman–Crippen LogP) is 0.187. The summed E-state index contributed by atoms with van der Waals surface area (Å²) in [4.78, 5) is 24.0. The van der Waals surface area contributed by atoms with Crippen molar-refractivity contribution in [1.29, 1.82) is 0 Å². The quantitative estimate of drug-likeness (QED) is 0.478. The van der Waals surface area contributed by atoms with Crippen molar-refractivity contribution < 1.29 is 31.0 Å². The second-order valence-corrected chi connectivity index (χ2v) is 8.58. The van der Waals surface area contributed by atoms with E-state index >= 15 is 0 Å². The highest BCUT2D eigenvalue weighted by Crippen LogP contribution is 2.18. The number of aromatic nitrogens is 2. The Kier molecular flexibility index (Phi) is 4.92. The molecule has 0 radical (unpaired) electrons. The molecule has 29 heavy (non-hydrogen) atoms. The van der Waals surface area contributed by atoms with E-state index in [1.165, 1.54) is 24.3 Å². The van der Waals surface area contributed by atoms with Gasteiger partial charge in [0.2, 0.25) is 5.88 Å². The highest BCUT2D eigenvalue weighted by molar-refractivity contribution is 7.86. The number of hydrogen-bond acceptors (Lipinski definition) is 7. The van der Waals surface area contributed by atoms with Gasteiger partial charge in [-0.05, 0) is 36.4 Å². The Balaban J connectivity index is 2.33. The Bertz CT molecular complexity index is 1450. The maximum absolute atomic E-state index is 12.9. The van der Waals surface area contributed by atoms with Crippen LogP contribution in [0.3, 0.4) is 0 Å². The van der Waals surface area contributed by atoms with Crippen LogP contribution in [0.1, 0.15) is 0 Å². The summed E-state index contributed by atoms with van der Waals surface area (Å²) >= 11 is 0. The second-order valence-electron chi connectivity index (χ2n) is 5.74. The summed E-state index contributed by atoms with van der Waals surface area (Å²) < 4.78 is 64.7. The lowest BCUT2D eigenvalue weighted by atomic mass is 10.3. The fourth-order valence-corrected chi connectivity index (χ4v) is 3.62. The van der Waals surface area contributed by atoms with Gasteiger partial charge in [-0.15, -0.1) is 0 Å². The molecule has 0 aliphatic carbocycles. The Hall–Kier alpha value is -3.26. The average molecular weight is 440 g/mol. The maximum Gasteiger partial charge on any atom is 0.343 e. The number of hydrogen-bond donors (Lipinski definition) is 3. The van der Waals surface area contributed by atoms with Gasteiger partial charge in [0.1, 0.15) is 0 Å². The van der Waals surface area contributed by atoms with Crippen molar-refractivity contribution in [2.75, 3.05) is 0 Å². The molecule has 0 amide bonds. The van der Waals surface area contributed by atoms with Crippen LogP contribution < -0.4 is 11.2 Å². The molecule has 0 unspecified atom stereocenters. The summed E-state index contributed by atoms with van der Waals surface area (Å²) in [5, 5.41) is 10.1. The fraction of sp³-hybridized carbons (Fsp3) is 0. The number of nitrogens with zero attached hydrogens (tertiary/aromatic N) is 2. The van der Waals surface area contributed by atoms with Gasteiger partial charge in [0, 0.05) is 0 Å². The summed E-state index contributed by atoms with van der Waals surface area (Å²) in [5.41, 5.74) is -2.59. The summed E-state index contributed by atoms with van der Waals surface area (Å²) in [6, 6.07) is 9.33. The van der Waals surface area contributed by atoms with E-state index in [4.69, 9.17) is 9.11 Å². The first-order valence-corrected chi connectivity index (χ1v) is 10.5. The van der Waals surface area contributed by atoms with Gasteiger partial charge in [0.05, 0.1) is 27.2 Å². The number of rotatable bonds is 4. The molecule has 2 aromatic carbocycles. The third kappa shape index (κ3) is 3.97. The average Bonchev–Trinajstić information content (AvgIpc) is 2.60. The number of benzene rings is 2. The molecule has 1 heterocycles. The molecule has 3 N–H and O–H groups in total. The smallest absolute Gasteiger partial charge is 0.343 e. The van der Waals surface area contributed by atoms with Crippen molar-refractivity contribution >= 4 is 20.2 Å². The molecule has 152 valence electrons. The van der Waals surface area contributed by atoms with E-state index in [1.807, 2.05) is 0 Å². The van der Waals surface area contributed by atoms with Crippen molar-refractivity contribution in [3.63, 3.8) is 0 Å². The molecular formula is C16H12N2O9S2. The summed E-state index contributed by atoms with van der Waals surface area (Å²) in [7, 11) is -9.23. The normalized spacial score (nSPS) is 12.1. The molecule has 13 heteroatoms. The van der Waals surface area contributed by atoms with Crippen LogP contribution in [-0.4, -0.2) is 40.2 Å². The van der Waals surface area contributed by atoms with Gasteiger partial charge < -0.3 is 5.11 Å². The summed E-state index contributed by atoms with van der Waals surface area (Å²) in [6.07, 6.45) is 0. The van der Waals surface area contributed by atoms with E-state index in [-0.39, 0.29) is 11.4 Å². The largest absolute Gasteiger partial charge is 0.494 e. The van der Waals surface area contributed by atoms with Gasteiger partial charge in [-0.25, -0.2) is 13.9 Å². The Morgan fingerprint density at radius 1 is 0.690 bits per heavy atom. The van der Waals surface area contributed by atoms with E-state index in [0.29, 0.717) is 15.2 Å². The molecule has 0 spiro atoms. The SMILES string of the molecule is O=c1cc(O)n(-c2cccc(S(=O)(=O)O)c2)c(=O)n1-c1cccc(S(=O)(=O)O)c1. The van der Waals surface area contributed by atoms with Crippen molar-refractivity contribution in [1.82, 2.24) is 9.13 Å². The maximum atomic E-state index is 12.9. The van der Waals surface area contributed by atoms with E-state index in [9.17, 15) is 31.5 Å². The third-order valence-corrected chi connectivity index (χ3v) is 5.53. The van der Waals surface area contributed by atoms with Gasteiger partial charge in [0.15, 0.2) is 0 Å². The van der Waals surface area contributed by atoms with Crippen LogP contribution in [0, 0.1) is 0 Å². The second kappa shape index (κ2) is 6.97. The lowest BCUT2D eigenvalue weighted by Crippen LogP contribution is -2.37. The first kappa shape index (κ1) is 20.5. The van der Waals surface area contributed by atoms with Crippen LogP contribution in [0.4, 0.5) is 0 Å². The zero-order valence-corrected chi connectivity index (χ0v) is 15.8. The van der Waals surface area contributed by atoms with Crippen LogP contribution in [0.25, 0.3) is 11.4 Å². The molecule has 0 bridgehead atoms. The van der Waals surface area contributed by atoms with Crippen LogP contribution in [-0.2, 0) is 20.2 Å². The molecule has 11 nitrogen and oxygen atoms in total.